The summed E-state index contributed by atoms with van der Waals surface area (Å²) in [5.74, 6) is 0.797. The molecule has 0 radical (unpaired) electrons. The molecule has 0 aliphatic carbocycles. The SMILES string of the molecule is CC(Cc1ccccc1)Nc1cncc2nnnn12. The van der Waals surface area contributed by atoms with Crippen LogP contribution in [0.2, 0.25) is 0 Å². The van der Waals surface area contributed by atoms with Crippen molar-refractivity contribution in [3.05, 3.63) is 48.3 Å². The van der Waals surface area contributed by atoms with E-state index in [0.717, 1.165) is 12.2 Å². The van der Waals surface area contributed by atoms with Crippen molar-refractivity contribution < 1.29 is 0 Å². The summed E-state index contributed by atoms with van der Waals surface area (Å²) in [6.07, 6.45) is 4.29. The van der Waals surface area contributed by atoms with Crippen molar-refractivity contribution in [3.63, 3.8) is 0 Å². The van der Waals surface area contributed by atoms with E-state index in [-0.39, 0.29) is 6.04 Å². The van der Waals surface area contributed by atoms with Crippen LogP contribution in [0.5, 0.6) is 0 Å². The molecule has 6 nitrogen and oxygen atoms in total. The second kappa shape index (κ2) is 5.01. The first-order valence-electron chi connectivity index (χ1n) is 6.15. The van der Waals surface area contributed by atoms with Crippen LogP contribution in [0.25, 0.3) is 5.65 Å². The molecule has 0 spiro atoms. The van der Waals surface area contributed by atoms with E-state index in [2.05, 4.69) is 44.9 Å². The molecule has 0 saturated heterocycles. The van der Waals surface area contributed by atoms with Gasteiger partial charge in [-0.1, -0.05) is 30.3 Å². The molecule has 0 aliphatic rings. The van der Waals surface area contributed by atoms with Gasteiger partial charge in [-0.2, -0.15) is 4.52 Å². The maximum Gasteiger partial charge on any atom is 0.199 e. The summed E-state index contributed by atoms with van der Waals surface area (Å²) in [7, 11) is 0. The maximum absolute atomic E-state index is 4.12. The number of aromatic nitrogens is 5. The normalized spacial score (nSPS) is 12.5. The lowest BCUT2D eigenvalue weighted by Crippen LogP contribution is -2.20. The summed E-state index contributed by atoms with van der Waals surface area (Å²) in [5, 5.41) is 14.8. The summed E-state index contributed by atoms with van der Waals surface area (Å²) in [6, 6.07) is 10.6. The van der Waals surface area contributed by atoms with Crippen LogP contribution >= 0.6 is 0 Å². The molecule has 1 unspecified atom stereocenters. The molecular weight excluding hydrogens is 240 g/mol. The van der Waals surface area contributed by atoms with Crippen LogP contribution in [0, 0.1) is 0 Å². The standard InChI is InChI=1S/C13H14N6/c1-10(7-11-5-3-2-4-6-11)15-12-8-14-9-13-16-17-18-19(12)13/h2-6,8-10,15H,7H2,1H3. The van der Waals surface area contributed by atoms with E-state index in [9.17, 15) is 0 Å². The third-order valence-electron chi connectivity index (χ3n) is 2.89. The third kappa shape index (κ3) is 2.52. The van der Waals surface area contributed by atoms with Gasteiger partial charge in [0.05, 0.1) is 12.4 Å². The van der Waals surface area contributed by atoms with Crippen LogP contribution in [0.4, 0.5) is 5.82 Å². The highest BCUT2D eigenvalue weighted by atomic mass is 15.5. The molecule has 6 heteroatoms. The molecule has 0 bridgehead atoms. The van der Waals surface area contributed by atoms with Crippen molar-refractivity contribution in [2.45, 2.75) is 19.4 Å². The zero-order chi connectivity index (χ0) is 13.1. The summed E-state index contributed by atoms with van der Waals surface area (Å²) < 4.78 is 1.65. The number of anilines is 1. The van der Waals surface area contributed by atoms with E-state index in [4.69, 9.17) is 0 Å². The van der Waals surface area contributed by atoms with E-state index in [1.165, 1.54) is 5.56 Å². The summed E-state index contributed by atoms with van der Waals surface area (Å²) in [6.45, 7) is 2.12. The smallest absolute Gasteiger partial charge is 0.199 e. The number of tetrazole rings is 1. The van der Waals surface area contributed by atoms with Gasteiger partial charge in [0.15, 0.2) is 11.5 Å². The molecule has 2 heterocycles. The van der Waals surface area contributed by atoms with Gasteiger partial charge in [-0.3, -0.25) is 4.98 Å². The molecule has 0 fully saturated rings. The van der Waals surface area contributed by atoms with Crippen molar-refractivity contribution in [2.75, 3.05) is 5.32 Å². The van der Waals surface area contributed by atoms with E-state index in [0.29, 0.717) is 5.65 Å². The number of rotatable bonds is 4. The summed E-state index contributed by atoms with van der Waals surface area (Å²) in [4.78, 5) is 4.12. The van der Waals surface area contributed by atoms with E-state index in [1.54, 1.807) is 16.9 Å². The highest BCUT2D eigenvalue weighted by Crippen LogP contribution is 2.10. The number of nitrogens with one attached hydrogen (secondary N) is 1. The molecule has 1 aromatic carbocycles. The number of nitrogens with zero attached hydrogens (tertiary/aromatic N) is 5. The van der Waals surface area contributed by atoms with Crippen LogP contribution < -0.4 is 5.32 Å². The molecule has 1 atom stereocenters. The molecule has 96 valence electrons. The largest absolute Gasteiger partial charge is 0.366 e. The Morgan fingerprint density at radius 1 is 1.21 bits per heavy atom. The molecule has 3 rings (SSSR count). The Balaban J connectivity index is 1.76. The topological polar surface area (TPSA) is 68.0 Å². The first kappa shape index (κ1) is 11.6. The summed E-state index contributed by atoms with van der Waals surface area (Å²) >= 11 is 0. The third-order valence-corrected chi connectivity index (χ3v) is 2.89. The zero-order valence-corrected chi connectivity index (χ0v) is 10.6. The van der Waals surface area contributed by atoms with Gasteiger partial charge < -0.3 is 5.32 Å². The van der Waals surface area contributed by atoms with Crippen LogP contribution in [-0.2, 0) is 6.42 Å². The molecule has 3 aromatic rings. The van der Waals surface area contributed by atoms with Crippen molar-refractivity contribution >= 4 is 11.5 Å². The number of hydrogen-bond donors (Lipinski definition) is 1. The molecule has 0 amide bonds. The second-order valence-electron chi connectivity index (χ2n) is 4.48. The minimum Gasteiger partial charge on any atom is -0.366 e. The van der Waals surface area contributed by atoms with Crippen molar-refractivity contribution in [1.82, 2.24) is 25.0 Å². The Labute approximate surface area is 110 Å². The summed E-state index contributed by atoms with van der Waals surface area (Å²) in [5.41, 5.74) is 1.93. The van der Waals surface area contributed by atoms with Crippen molar-refractivity contribution in [2.24, 2.45) is 0 Å². The fraction of sp³-hybridized carbons (Fsp3) is 0.231. The Kier molecular flexibility index (Phi) is 3.06. The number of benzene rings is 1. The molecule has 0 saturated carbocycles. The lowest BCUT2D eigenvalue weighted by molar-refractivity contribution is 0.758. The minimum atomic E-state index is 0.263. The molecule has 0 aliphatic heterocycles. The van der Waals surface area contributed by atoms with E-state index in [1.807, 2.05) is 18.2 Å². The van der Waals surface area contributed by atoms with Gasteiger partial charge in [-0.15, -0.1) is 5.10 Å². The average Bonchev–Trinajstić information content (AvgIpc) is 2.89. The minimum absolute atomic E-state index is 0.263. The average molecular weight is 254 g/mol. The molecule has 2 aromatic heterocycles. The van der Waals surface area contributed by atoms with Gasteiger partial charge in [0, 0.05) is 6.04 Å². The van der Waals surface area contributed by atoms with Crippen molar-refractivity contribution in [1.29, 1.82) is 0 Å². The van der Waals surface area contributed by atoms with Crippen LogP contribution in [-0.4, -0.2) is 31.1 Å². The lowest BCUT2D eigenvalue weighted by Gasteiger charge is -2.15. The van der Waals surface area contributed by atoms with Crippen LogP contribution in [0.15, 0.2) is 42.7 Å². The van der Waals surface area contributed by atoms with Gasteiger partial charge in [0.1, 0.15) is 0 Å². The highest BCUT2D eigenvalue weighted by molar-refractivity contribution is 5.44. The Morgan fingerprint density at radius 3 is 2.89 bits per heavy atom. The monoisotopic (exact) mass is 254 g/mol. The Bertz CT molecular complexity index is 663. The molecular formula is C13H14N6. The predicted molar refractivity (Wildman–Crippen MR) is 71.8 cm³/mol. The fourth-order valence-corrected chi connectivity index (χ4v) is 2.04. The maximum atomic E-state index is 4.12. The number of hydrogen-bond acceptors (Lipinski definition) is 5. The first-order chi connectivity index (χ1) is 9.33. The van der Waals surface area contributed by atoms with Gasteiger partial charge in [-0.05, 0) is 29.3 Å². The molecule has 19 heavy (non-hydrogen) atoms. The first-order valence-corrected chi connectivity index (χ1v) is 6.15. The van der Waals surface area contributed by atoms with E-state index < -0.39 is 0 Å². The fourth-order valence-electron chi connectivity index (χ4n) is 2.04. The lowest BCUT2D eigenvalue weighted by atomic mass is 10.1. The van der Waals surface area contributed by atoms with Gasteiger partial charge >= 0.3 is 0 Å². The number of fused-ring (bicyclic) bond motifs is 1. The second-order valence-corrected chi connectivity index (χ2v) is 4.48. The highest BCUT2D eigenvalue weighted by Gasteiger charge is 2.08. The zero-order valence-electron chi connectivity index (χ0n) is 10.6. The Hall–Kier alpha value is -2.50. The van der Waals surface area contributed by atoms with Crippen LogP contribution in [0.3, 0.4) is 0 Å². The Morgan fingerprint density at radius 2 is 2.05 bits per heavy atom. The van der Waals surface area contributed by atoms with Crippen LogP contribution in [0.1, 0.15) is 12.5 Å². The van der Waals surface area contributed by atoms with Gasteiger partial charge in [-0.25, -0.2) is 0 Å². The molecule has 1 N–H and O–H groups in total. The van der Waals surface area contributed by atoms with Crippen molar-refractivity contribution in [3.8, 4) is 0 Å². The predicted octanol–water partition coefficient (Wildman–Crippen LogP) is 1.56. The quantitative estimate of drug-likeness (QED) is 0.765. The van der Waals surface area contributed by atoms with Gasteiger partial charge in [0.25, 0.3) is 0 Å². The van der Waals surface area contributed by atoms with E-state index >= 15 is 0 Å². The van der Waals surface area contributed by atoms with Gasteiger partial charge in [0.2, 0.25) is 0 Å².